The first-order valence-electron chi connectivity index (χ1n) is 15.7. The van der Waals surface area contributed by atoms with E-state index in [4.69, 9.17) is 9.72 Å². The van der Waals surface area contributed by atoms with Crippen LogP contribution < -0.4 is 4.90 Å². The van der Waals surface area contributed by atoms with Crippen molar-refractivity contribution in [3.63, 3.8) is 0 Å². The third-order valence-electron chi connectivity index (χ3n) is 8.31. The molecule has 1 aliphatic rings. The number of aryl methyl sites for hydroxylation is 1. The predicted octanol–water partition coefficient (Wildman–Crippen LogP) is 5.22. The lowest BCUT2D eigenvalue weighted by Gasteiger charge is -2.36. The SMILES string of the molecule is Cn1cc(-c2cc(-c3ccc(N4CCN(C(=O)C[C@H](CC(=O)OC(C)(C)C)c5ccccc5)CC4)nc3)c3c(C#N)cnn3c2)cn1. The topological polar surface area (TPSA) is 122 Å². The Morgan fingerprint density at radius 3 is 2.32 bits per heavy atom. The molecule has 5 aromatic rings. The second kappa shape index (κ2) is 13.1. The van der Waals surface area contributed by atoms with Crippen molar-refractivity contribution in [2.75, 3.05) is 31.1 Å². The van der Waals surface area contributed by atoms with Gasteiger partial charge in [-0.1, -0.05) is 30.3 Å². The molecule has 1 amide bonds. The summed E-state index contributed by atoms with van der Waals surface area (Å²) in [6.07, 6.45) is 9.43. The first-order valence-corrected chi connectivity index (χ1v) is 15.7. The second-order valence-electron chi connectivity index (χ2n) is 12.9. The quantitative estimate of drug-likeness (QED) is 0.214. The minimum absolute atomic E-state index is 0.0250. The Kier molecular flexibility index (Phi) is 8.76. The van der Waals surface area contributed by atoms with Gasteiger partial charge in [-0.3, -0.25) is 14.3 Å². The Labute approximate surface area is 274 Å². The molecular formula is C36H38N8O3. The number of nitriles is 1. The van der Waals surface area contributed by atoms with E-state index in [1.54, 1.807) is 21.6 Å². The number of ether oxygens (including phenoxy) is 1. The number of piperazine rings is 1. The van der Waals surface area contributed by atoms with Gasteiger partial charge in [-0.25, -0.2) is 9.50 Å². The number of esters is 1. The molecule has 1 atom stereocenters. The van der Waals surface area contributed by atoms with Crippen LogP contribution in [0.3, 0.4) is 0 Å². The van der Waals surface area contributed by atoms with Crippen LogP contribution in [-0.2, 0) is 21.4 Å². The van der Waals surface area contributed by atoms with Gasteiger partial charge in [0.15, 0.2) is 0 Å². The summed E-state index contributed by atoms with van der Waals surface area (Å²) in [5.74, 6) is 0.282. The highest BCUT2D eigenvalue weighted by molar-refractivity contribution is 5.87. The van der Waals surface area contributed by atoms with Gasteiger partial charge in [0.1, 0.15) is 17.5 Å². The summed E-state index contributed by atoms with van der Waals surface area (Å²) in [5.41, 5.74) is 5.18. The molecule has 11 nitrogen and oxygen atoms in total. The van der Waals surface area contributed by atoms with Gasteiger partial charge in [0, 0.05) is 86.4 Å². The summed E-state index contributed by atoms with van der Waals surface area (Å²) >= 11 is 0. The summed E-state index contributed by atoms with van der Waals surface area (Å²) in [6.45, 7) is 7.94. The van der Waals surface area contributed by atoms with E-state index in [0.717, 1.165) is 39.2 Å². The van der Waals surface area contributed by atoms with Crippen molar-refractivity contribution in [1.82, 2.24) is 29.3 Å². The van der Waals surface area contributed by atoms with E-state index in [1.165, 1.54) is 0 Å². The Morgan fingerprint density at radius 2 is 1.68 bits per heavy atom. The highest BCUT2D eigenvalue weighted by Gasteiger charge is 2.28. The molecule has 240 valence electrons. The monoisotopic (exact) mass is 630 g/mol. The number of benzene rings is 1. The highest BCUT2D eigenvalue weighted by atomic mass is 16.6. The maximum absolute atomic E-state index is 13.5. The number of pyridine rings is 2. The number of carbonyl (C=O) groups is 2. The molecule has 0 N–H and O–H groups in total. The Hall–Kier alpha value is -5.50. The molecule has 0 aliphatic carbocycles. The van der Waals surface area contributed by atoms with Crippen molar-refractivity contribution in [3.05, 3.63) is 90.6 Å². The van der Waals surface area contributed by atoms with Crippen molar-refractivity contribution >= 4 is 23.2 Å². The molecule has 1 fully saturated rings. The van der Waals surface area contributed by atoms with E-state index in [2.05, 4.69) is 21.2 Å². The Morgan fingerprint density at radius 1 is 0.915 bits per heavy atom. The van der Waals surface area contributed by atoms with Crippen molar-refractivity contribution in [1.29, 1.82) is 5.26 Å². The molecule has 0 spiro atoms. The summed E-state index contributed by atoms with van der Waals surface area (Å²) in [4.78, 5) is 35.0. The number of fused-ring (bicyclic) bond motifs is 1. The standard InChI is InChI=1S/C36H38N8O3/c1-36(2,3)47-34(46)18-27(25-8-6-5-7-9-25)17-33(45)43-14-12-42(13-15-43)32-11-10-26(20-38-32)31-16-28(30-22-39-41(4)23-30)24-44-35(31)29(19-37)21-40-44/h5-11,16,20-24,27H,12-15,17-18H2,1-4H3/t27-/m1/s1. The molecule has 6 rings (SSSR count). The molecular weight excluding hydrogens is 592 g/mol. The van der Waals surface area contributed by atoms with Crippen LogP contribution in [-0.4, -0.2) is 72.9 Å². The minimum Gasteiger partial charge on any atom is -0.460 e. The average Bonchev–Trinajstić information content (AvgIpc) is 3.69. The van der Waals surface area contributed by atoms with E-state index in [-0.39, 0.29) is 30.6 Å². The normalized spacial score (nSPS) is 14.2. The van der Waals surface area contributed by atoms with Crippen LogP contribution in [0.4, 0.5) is 5.82 Å². The van der Waals surface area contributed by atoms with Crippen molar-refractivity contribution in [2.24, 2.45) is 7.05 Å². The van der Waals surface area contributed by atoms with E-state index < -0.39 is 5.60 Å². The average molecular weight is 631 g/mol. The van der Waals surface area contributed by atoms with Gasteiger partial charge < -0.3 is 14.5 Å². The zero-order valence-electron chi connectivity index (χ0n) is 27.1. The van der Waals surface area contributed by atoms with Crippen molar-refractivity contribution in [2.45, 2.75) is 45.1 Å². The van der Waals surface area contributed by atoms with Crippen molar-refractivity contribution < 1.29 is 14.3 Å². The van der Waals surface area contributed by atoms with Gasteiger partial charge in [0.2, 0.25) is 5.91 Å². The molecule has 0 bridgehead atoms. The third-order valence-corrected chi connectivity index (χ3v) is 8.31. The van der Waals surface area contributed by atoms with Gasteiger partial charge in [0.25, 0.3) is 0 Å². The van der Waals surface area contributed by atoms with Crippen LogP contribution in [0.15, 0.2) is 79.5 Å². The maximum atomic E-state index is 13.5. The van der Waals surface area contributed by atoms with E-state index in [9.17, 15) is 14.9 Å². The molecule has 5 heterocycles. The number of amides is 1. The van der Waals surface area contributed by atoms with Crippen LogP contribution >= 0.6 is 0 Å². The number of aromatic nitrogens is 5. The fourth-order valence-corrected chi connectivity index (χ4v) is 6.03. The molecule has 1 aromatic carbocycles. The number of hydrogen-bond acceptors (Lipinski definition) is 8. The van der Waals surface area contributed by atoms with Gasteiger partial charge in [-0.2, -0.15) is 15.5 Å². The summed E-state index contributed by atoms with van der Waals surface area (Å²) < 4.78 is 9.05. The smallest absolute Gasteiger partial charge is 0.306 e. The fourth-order valence-electron chi connectivity index (χ4n) is 6.03. The molecule has 47 heavy (non-hydrogen) atoms. The molecule has 0 unspecified atom stereocenters. The number of carbonyl (C=O) groups excluding carboxylic acids is 2. The first-order chi connectivity index (χ1) is 22.6. The molecule has 1 aliphatic heterocycles. The number of rotatable bonds is 8. The number of hydrogen-bond donors (Lipinski definition) is 0. The zero-order valence-corrected chi connectivity index (χ0v) is 27.1. The lowest BCUT2D eigenvalue weighted by molar-refractivity contribution is -0.155. The lowest BCUT2D eigenvalue weighted by atomic mass is 9.91. The zero-order chi connectivity index (χ0) is 33.1. The summed E-state index contributed by atoms with van der Waals surface area (Å²) in [7, 11) is 1.87. The number of nitrogens with zero attached hydrogens (tertiary/aromatic N) is 8. The Balaban J connectivity index is 1.14. The predicted molar refractivity (Wildman–Crippen MR) is 178 cm³/mol. The fraction of sp³-hybridized carbons (Fsp3) is 0.333. The third kappa shape index (κ3) is 7.17. The summed E-state index contributed by atoms with van der Waals surface area (Å²) in [5, 5.41) is 18.5. The Bertz CT molecular complexity index is 1930. The van der Waals surface area contributed by atoms with Gasteiger partial charge in [-0.15, -0.1) is 0 Å². The summed E-state index contributed by atoms with van der Waals surface area (Å²) in [6, 6.07) is 18.0. The maximum Gasteiger partial charge on any atom is 0.306 e. The van der Waals surface area contributed by atoms with Gasteiger partial charge >= 0.3 is 5.97 Å². The largest absolute Gasteiger partial charge is 0.460 e. The van der Waals surface area contributed by atoms with E-state index >= 15 is 0 Å². The highest BCUT2D eigenvalue weighted by Crippen LogP contribution is 2.33. The molecule has 1 saturated heterocycles. The van der Waals surface area contributed by atoms with Gasteiger partial charge in [-0.05, 0) is 44.5 Å². The van der Waals surface area contributed by atoms with Crippen LogP contribution in [0.5, 0.6) is 0 Å². The number of anilines is 1. The van der Waals surface area contributed by atoms with Crippen LogP contribution in [0, 0.1) is 11.3 Å². The van der Waals surface area contributed by atoms with Crippen molar-refractivity contribution in [3.8, 4) is 28.3 Å². The molecule has 4 aromatic heterocycles. The minimum atomic E-state index is -0.583. The van der Waals surface area contributed by atoms with E-state index in [1.807, 2.05) is 99.8 Å². The lowest BCUT2D eigenvalue weighted by Crippen LogP contribution is -2.49. The molecule has 0 radical (unpaired) electrons. The van der Waals surface area contributed by atoms with E-state index in [0.29, 0.717) is 31.7 Å². The molecule has 0 saturated carbocycles. The van der Waals surface area contributed by atoms with Crippen LogP contribution in [0.2, 0.25) is 0 Å². The van der Waals surface area contributed by atoms with Crippen LogP contribution in [0.25, 0.3) is 27.8 Å². The van der Waals surface area contributed by atoms with Crippen LogP contribution in [0.1, 0.15) is 50.7 Å². The van der Waals surface area contributed by atoms with Gasteiger partial charge in [0.05, 0.1) is 29.9 Å². The first kappa shape index (κ1) is 31.5. The second-order valence-corrected chi connectivity index (χ2v) is 12.9. The molecule has 11 heteroatoms.